The number of phenols is 1. The lowest BCUT2D eigenvalue weighted by molar-refractivity contribution is -0.150. The highest BCUT2D eigenvalue weighted by molar-refractivity contribution is 5.98. The van der Waals surface area contributed by atoms with Crippen LogP contribution in [-0.4, -0.2) is 192 Å². The molecule has 15 N–H and O–H groups in total. The van der Waals surface area contributed by atoms with Crippen LogP contribution in [-0.2, 0) is 38.3 Å². The summed E-state index contributed by atoms with van der Waals surface area (Å²) >= 11 is 0. The van der Waals surface area contributed by atoms with Crippen LogP contribution < -0.4 is 27.4 Å². The average molecular weight is 1090 g/mol. The Kier molecular flexibility index (Phi) is 26.8. The van der Waals surface area contributed by atoms with E-state index >= 15 is 0 Å². The standard InChI is InChI=1S/C54H89N7O16/c1-5-30(2)24-31(3)12-10-8-6-7-9-11-13-36(64)25-34-26-43(69)52(77-23-21-56)59-51(74)46-41(67)19-22-60(46)54(76)45(40(66)18-20-55)58-50(73)38(48(71)47(70)33-14-16-35(63)17-15-33)28-42(68)39-27-37(65)29-61(39)53(75)44(32(4)62)57-49(34)72/h14-17,30-32,34,37-41,43-48,52,62-63,65-67,69-71H,5-13,18-29,55-56H2,1-4H3,(H,57,72)(H,58,73)(H,59,74)/t30-,31+,32+,34-,37+,38-,39-,40+,41-,43+,44-,45-,46-,47-,48-,52+/m0/s1. The first-order chi connectivity index (χ1) is 36.5. The second-order valence-corrected chi connectivity index (χ2v) is 21.7. The number of nitrogens with two attached hydrogens (primary N) is 2. The minimum absolute atomic E-state index is 0.0188. The van der Waals surface area contributed by atoms with Gasteiger partial charge in [0.05, 0.1) is 55.2 Å². The number of nitrogens with zero attached hydrogens (tertiary/aromatic N) is 2. The third-order valence-corrected chi connectivity index (χ3v) is 15.4. The van der Waals surface area contributed by atoms with Crippen LogP contribution in [0.5, 0.6) is 5.75 Å². The van der Waals surface area contributed by atoms with E-state index in [4.69, 9.17) is 16.2 Å². The second kappa shape index (κ2) is 31.8. The zero-order chi connectivity index (χ0) is 57.1. The number of phenolic OH excluding ortho intramolecular Hbond substituents is 1. The molecule has 0 aromatic heterocycles. The number of rotatable bonds is 24. The highest BCUT2D eigenvalue weighted by atomic mass is 16.5. The van der Waals surface area contributed by atoms with Gasteiger partial charge in [0.25, 0.3) is 0 Å². The quantitative estimate of drug-likeness (QED) is 0.0569. The summed E-state index contributed by atoms with van der Waals surface area (Å²) in [5.74, 6) is -9.08. The molecule has 436 valence electrons. The third kappa shape index (κ3) is 19.0. The number of benzene rings is 1. The van der Waals surface area contributed by atoms with E-state index in [0.29, 0.717) is 18.3 Å². The number of Topliss-reactive ketones (excluding diaryl/α,β-unsaturated/α-hetero) is 2. The number of aliphatic hydroxyl groups excluding tert-OH is 7. The minimum atomic E-state index is -2.17. The molecule has 1 aromatic carbocycles. The van der Waals surface area contributed by atoms with Gasteiger partial charge in [-0.25, -0.2) is 0 Å². The number of carbonyl (C=O) groups excluding carboxylic acids is 7. The molecule has 3 saturated heterocycles. The van der Waals surface area contributed by atoms with Gasteiger partial charge in [0.1, 0.15) is 35.8 Å². The highest BCUT2D eigenvalue weighted by Gasteiger charge is 2.49. The molecule has 23 heteroatoms. The first kappa shape index (κ1) is 64.8. The molecule has 77 heavy (non-hydrogen) atoms. The molecule has 1 aromatic rings. The Balaban J connectivity index is 1.73. The number of aromatic hydroxyl groups is 1. The van der Waals surface area contributed by atoms with Crippen LogP contribution in [0.4, 0.5) is 0 Å². The molecule has 0 unspecified atom stereocenters. The highest BCUT2D eigenvalue weighted by Crippen LogP contribution is 2.31. The smallest absolute Gasteiger partial charge is 0.248 e. The molecule has 16 atom stereocenters. The molecule has 0 spiro atoms. The molecule has 23 nitrogen and oxygen atoms in total. The van der Waals surface area contributed by atoms with Crippen LogP contribution in [0.15, 0.2) is 24.3 Å². The van der Waals surface area contributed by atoms with Gasteiger partial charge >= 0.3 is 0 Å². The van der Waals surface area contributed by atoms with Crippen LogP contribution in [0, 0.1) is 23.7 Å². The zero-order valence-electron chi connectivity index (χ0n) is 45.3. The van der Waals surface area contributed by atoms with Crippen molar-refractivity contribution < 1.29 is 79.2 Å². The Morgan fingerprint density at radius 2 is 1.39 bits per heavy atom. The molecule has 3 fully saturated rings. The number of amides is 5. The molecule has 0 saturated carbocycles. The summed E-state index contributed by atoms with van der Waals surface area (Å²) in [5.41, 5.74) is 11.5. The molecule has 0 aliphatic carbocycles. The van der Waals surface area contributed by atoms with E-state index in [9.17, 15) is 74.4 Å². The predicted octanol–water partition coefficient (Wildman–Crippen LogP) is -0.704. The van der Waals surface area contributed by atoms with E-state index < -0.39 is 153 Å². The Morgan fingerprint density at radius 3 is 2.03 bits per heavy atom. The molecule has 3 aliphatic rings. The zero-order valence-corrected chi connectivity index (χ0v) is 45.3. The number of fused-ring (bicyclic) bond motifs is 2. The maximum Gasteiger partial charge on any atom is 0.248 e. The number of aliphatic hydroxyl groups is 7. The van der Waals surface area contributed by atoms with E-state index in [0.717, 1.165) is 54.7 Å². The summed E-state index contributed by atoms with van der Waals surface area (Å²) in [6.45, 7) is 6.52. The minimum Gasteiger partial charge on any atom is -0.508 e. The fourth-order valence-corrected chi connectivity index (χ4v) is 10.7. The van der Waals surface area contributed by atoms with E-state index in [-0.39, 0.29) is 62.6 Å². The number of nitrogens with one attached hydrogen (secondary N) is 3. The summed E-state index contributed by atoms with van der Waals surface area (Å²) in [5, 5.41) is 96.9. The van der Waals surface area contributed by atoms with Crippen molar-refractivity contribution in [2.75, 3.05) is 32.8 Å². The third-order valence-electron chi connectivity index (χ3n) is 15.4. The number of hydrogen-bond donors (Lipinski definition) is 13. The summed E-state index contributed by atoms with van der Waals surface area (Å²) in [4.78, 5) is 102. The van der Waals surface area contributed by atoms with Crippen LogP contribution in [0.25, 0.3) is 0 Å². The number of hydrogen-bond acceptors (Lipinski definition) is 18. The Morgan fingerprint density at radius 1 is 0.753 bits per heavy atom. The first-order valence-electron chi connectivity index (χ1n) is 27.7. The van der Waals surface area contributed by atoms with Crippen molar-refractivity contribution in [3.63, 3.8) is 0 Å². The van der Waals surface area contributed by atoms with Crippen molar-refractivity contribution in [3.8, 4) is 5.75 Å². The lowest BCUT2D eigenvalue weighted by Gasteiger charge is -2.34. The molecule has 0 bridgehead atoms. The summed E-state index contributed by atoms with van der Waals surface area (Å²) in [6, 6.07) is -2.22. The Hall–Kier alpha value is -4.69. The fourth-order valence-electron chi connectivity index (χ4n) is 10.7. The largest absolute Gasteiger partial charge is 0.508 e. The number of unbranched alkanes of at least 4 members (excludes halogenated alkanes) is 5. The van der Waals surface area contributed by atoms with Crippen LogP contribution in [0.3, 0.4) is 0 Å². The molecule has 4 rings (SSSR count). The van der Waals surface area contributed by atoms with Gasteiger partial charge in [0.15, 0.2) is 12.0 Å². The lowest BCUT2D eigenvalue weighted by atomic mass is 9.86. The van der Waals surface area contributed by atoms with E-state index in [1.807, 2.05) is 0 Å². The van der Waals surface area contributed by atoms with Crippen LogP contribution in [0.1, 0.15) is 142 Å². The predicted molar refractivity (Wildman–Crippen MR) is 281 cm³/mol. The molecular formula is C54H89N7O16. The normalized spacial score (nSPS) is 28.8. The average Bonchev–Trinajstić information content (AvgIpc) is 3.99. The van der Waals surface area contributed by atoms with Crippen LogP contribution >= 0.6 is 0 Å². The molecular weight excluding hydrogens is 1000 g/mol. The number of ketones is 2. The molecule has 3 heterocycles. The van der Waals surface area contributed by atoms with Crippen molar-refractivity contribution in [1.29, 1.82) is 0 Å². The summed E-state index contributed by atoms with van der Waals surface area (Å²) in [6.07, 6.45) is -7.93. The van der Waals surface area contributed by atoms with Gasteiger partial charge in [0, 0.05) is 51.2 Å². The maximum absolute atomic E-state index is 14.6. The topological polar surface area (TPSA) is 385 Å². The second-order valence-electron chi connectivity index (χ2n) is 21.7. The van der Waals surface area contributed by atoms with Crippen molar-refractivity contribution >= 4 is 41.1 Å². The van der Waals surface area contributed by atoms with Crippen molar-refractivity contribution in [2.45, 2.75) is 204 Å². The van der Waals surface area contributed by atoms with E-state index in [1.165, 1.54) is 37.6 Å². The molecule has 5 amide bonds. The SMILES string of the molecule is CC[C@H](C)C[C@H](C)CCCCCCCCC(=O)C[C@H]1C[C@@H](O)[C@@H](OCCN)NC(=O)[C@@H]2[C@@H](O)CCN2C(=O)[C@H]([C@H](O)CCN)NC(=O)[C@H]([C@H](O)[C@@H](O)c2ccc(O)cc2)CC(=O)[C@@H]2C[C@@H](O)CN2C(=O)[C@H]([C@@H](C)O)NC1=O. The first-order valence-corrected chi connectivity index (χ1v) is 27.7. The summed E-state index contributed by atoms with van der Waals surface area (Å²) < 4.78 is 5.76. The Bertz CT molecular complexity index is 2070. The molecule has 3 aliphatic heterocycles. The van der Waals surface area contributed by atoms with Gasteiger partial charge in [-0.1, -0.05) is 77.8 Å². The maximum atomic E-state index is 14.6. The monoisotopic (exact) mass is 1090 g/mol. The van der Waals surface area contributed by atoms with Gasteiger partial charge in [-0.15, -0.1) is 0 Å². The molecule has 0 radical (unpaired) electrons. The van der Waals surface area contributed by atoms with E-state index in [2.05, 4.69) is 36.7 Å². The number of ether oxygens (including phenoxy) is 1. The Labute approximate surface area is 451 Å². The van der Waals surface area contributed by atoms with Gasteiger partial charge in [-0.2, -0.15) is 0 Å². The fraction of sp³-hybridized carbons (Fsp3) is 0.759. The number of carbonyl (C=O) groups is 7. The van der Waals surface area contributed by atoms with Crippen molar-refractivity contribution in [1.82, 2.24) is 25.8 Å². The van der Waals surface area contributed by atoms with Crippen LogP contribution in [0.2, 0.25) is 0 Å². The van der Waals surface area contributed by atoms with Crippen molar-refractivity contribution in [2.24, 2.45) is 35.1 Å². The lowest BCUT2D eigenvalue weighted by Crippen LogP contribution is -2.61. The summed E-state index contributed by atoms with van der Waals surface area (Å²) in [7, 11) is 0. The van der Waals surface area contributed by atoms with Crippen molar-refractivity contribution in [3.05, 3.63) is 29.8 Å². The van der Waals surface area contributed by atoms with E-state index in [1.54, 1.807) is 0 Å². The van der Waals surface area contributed by atoms with Gasteiger partial charge in [-0.05, 0) is 75.1 Å². The van der Waals surface area contributed by atoms with Gasteiger partial charge < -0.3 is 82.8 Å². The van der Waals surface area contributed by atoms with Gasteiger partial charge in [0.2, 0.25) is 29.5 Å². The van der Waals surface area contributed by atoms with Gasteiger partial charge in [-0.3, -0.25) is 33.6 Å².